The van der Waals surface area contributed by atoms with Gasteiger partial charge >= 0.3 is 5.97 Å². The first-order valence-electron chi connectivity index (χ1n) is 16.5. The van der Waals surface area contributed by atoms with Crippen molar-refractivity contribution in [2.75, 3.05) is 6.61 Å². The van der Waals surface area contributed by atoms with E-state index in [0.717, 1.165) is 12.8 Å². The number of aliphatic hydroxyl groups is 4. The van der Waals surface area contributed by atoms with Crippen LogP contribution < -0.4 is 0 Å². The van der Waals surface area contributed by atoms with Gasteiger partial charge in [-0.25, -0.2) is 0 Å². The minimum absolute atomic E-state index is 0.204. The Morgan fingerprint density at radius 2 is 0.949 bits per heavy atom. The van der Waals surface area contributed by atoms with Gasteiger partial charge in [0.1, 0.15) is 18.3 Å². The number of carbonyl (C=O) groups is 1. The summed E-state index contributed by atoms with van der Waals surface area (Å²) in [5.74, 6) is -0.521. The van der Waals surface area contributed by atoms with E-state index in [-0.39, 0.29) is 6.42 Å². The third-order valence-electron chi connectivity index (χ3n) is 8.09. The number of carbonyl (C=O) groups excluding carboxylic acids is 1. The van der Waals surface area contributed by atoms with Crippen LogP contribution in [0.15, 0.2) is 0 Å². The van der Waals surface area contributed by atoms with Crippen molar-refractivity contribution in [2.45, 2.75) is 192 Å². The average Bonchev–Trinajstić information content (AvgIpc) is 2.93. The topological polar surface area (TPSA) is 116 Å². The maximum Gasteiger partial charge on any atom is 0.306 e. The Labute approximate surface area is 239 Å². The van der Waals surface area contributed by atoms with Crippen molar-refractivity contribution in [3.8, 4) is 0 Å². The molecule has 1 heterocycles. The standard InChI is InChI=1S/C32H62O7/c1-2-3-4-5-6-7-8-9-10-11-12-13-14-15-16-17-18-19-20-21-22-23-24-25-28(34)39-31-29(35)27(26-33)38-32(37)30(31)36/h27,29-33,35-37H,2-26H2,1H3/t27-,29-,30-,31+,32-/m1/s1. The first-order valence-corrected chi connectivity index (χ1v) is 16.5. The third kappa shape index (κ3) is 18.3. The second-order valence-electron chi connectivity index (χ2n) is 11.7. The number of aliphatic hydroxyl groups excluding tert-OH is 4. The van der Waals surface area contributed by atoms with Crippen molar-refractivity contribution in [1.82, 2.24) is 0 Å². The van der Waals surface area contributed by atoms with E-state index in [9.17, 15) is 25.2 Å². The molecule has 0 bridgehead atoms. The van der Waals surface area contributed by atoms with Gasteiger partial charge in [0.25, 0.3) is 0 Å². The van der Waals surface area contributed by atoms with Crippen molar-refractivity contribution in [3.05, 3.63) is 0 Å². The summed E-state index contributed by atoms with van der Waals surface area (Å²) < 4.78 is 10.1. The molecule has 0 amide bonds. The Morgan fingerprint density at radius 1 is 0.590 bits per heavy atom. The molecule has 0 radical (unpaired) electrons. The molecule has 1 aliphatic rings. The number of hydrogen-bond acceptors (Lipinski definition) is 7. The summed E-state index contributed by atoms with van der Waals surface area (Å²) in [6.07, 6.45) is 23.6. The summed E-state index contributed by atoms with van der Waals surface area (Å²) in [6, 6.07) is 0. The van der Waals surface area contributed by atoms with Gasteiger partial charge in [0, 0.05) is 6.42 Å². The van der Waals surface area contributed by atoms with Crippen LogP contribution in [-0.4, -0.2) is 63.7 Å². The van der Waals surface area contributed by atoms with Gasteiger partial charge in [-0.05, 0) is 6.42 Å². The lowest BCUT2D eigenvalue weighted by Gasteiger charge is -2.39. The normalized spacial score (nSPS) is 23.3. The SMILES string of the molecule is CCCCCCCCCCCCCCCCCCCCCCCCCC(=O)O[C@@H]1[C@@H](O)[C@H](O)O[C@H](CO)[C@H]1O. The average molecular weight is 559 g/mol. The largest absolute Gasteiger partial charge is 0.456 e. The predicted molar refractivity (Wildman–Crippen MR) is 156 cm³/mol. The van der Waals surface area contributed by atoms with Crippen molar-refractivity contribution in [2.24, 2.45) is 0 Å². The van der Waals surface area contributed by atoms with Crippen LogP contribution in [0.3, 0.4) is 0 Å². The molecule has 5 atom stereocenters. The minimum Gasteiger partial charge on any atom is -0.456 e. The number of ether oxygens (including phenoxy) is 2. The second kappa shape index (κ2) is 25.0. The van der Waals surface area contributed by atoms with E-state index in [1.807, 2.05) is 0 Å². The fourth-order valence-electron chi connectivity index (χ4n) is 5.47. The Kier molecular flexibility index (Phi) is 23.3. The fourth-order valence-corrected chi connectivity index (χ4v) is 5.47. The number of hydrogen-bond donors (Lipinski definition) is 4. The van der Waals surface area contributed by atoms with Crippen LogP contribution in [0.1, 0.15) is 161 Å². The molecule has 1 rings (SSSR count). The molecular weight excluding hydrogens is 496 g/mol. The van der Waals surface area contributed by atoms with E-state index < -0.39 is 43.3 Å². The summed E-state index contributed by atoms with van der Waals surface area (Å²) in [7, 11) is 0. The zero-order valence-corrected chi connectivity index (χ0v) is 25.1. The molecule has 0 spiro atoms. The summed E-state index contributed by atoms with van der Waals surface area (Å²) >= 11 is 0. The van der Waals surface area contributed by atoms with Crippen LogP contribution in [0.4, 0.5) is 0 Å². The number of unbranched alkanes of at least 4 members (excludes halogenated alkanes) is 22. The van der Waals surface area contributed by atoms with Gasteiger partial charge in [0.05, 0.1) is 6.61 Å². The molecule has 232 valence electrons. The number of rotatable bonds is 26. The summed E-state index contributed by atoms with van der Waals surface area (Å²) in [5.41, 5.74) is 0. The van der Waals surface area contributed by atoms with Gasteiger partial charge in [0.2, 0.25) is 0 Å². The summed E-state index contributed by atoms with van der Waals surface area (Å²) in [4.78, 5) is 12.1. The zero-order valence-electron chi connectivity index (χ0n) is 25.1. The van der Waals surface area contributed by atoms with Gasteiger partial charge in [0.15, 0.2) is 12.4 Å². The molecule has 0 aromatic heterocycles. The van der Waals surface area contributed by atoms with Crippen LogP contribution in [0.25, 0.3) is 0 Å². The smallest absolute Gasteiger partial charge is 0.306 e. The van der Waals surface area contributed by atoms with E-state index in [1.165, 1.54) is 128 Å². The van der Waals surface area contributed by atoms with E-state index in [4.69, 9.17) is 9.47 Å². The molecule has 7 heteroatoms. The highest BCUT2D eigenvalue weighted by atomic mass is 16.7. The summed E-state index contributed by atoms with van der Waals surface area (Å²) in [6.45, 7) is 1.74. The molecule has 1 saturated heterocycles. The van der Waals surface area contributed by atoms with Gasteiger partial charge in [-0.1, -0.05) is 148 Å². The van der Waals surface area contributed by atoms with Gasteiger partial charge in [-0.2, -0.15) is 0 Å². The molecule has 7 nitrogen and oxygen atoms in total. The lowest BCUT2D eigenvalue weighted by molar-refractivity contribution is -0.289. The van der Waals surface area contributed by atoms with Gasteiger partial charge in [-0.15, -0.1) is 0 Å². The maximum absolute atomic E-state index is 12.1. The predicted octanol–water partition coefficient (Wildman–Crippen LogP) is 6.71. The van der Waals surface area contributed by atoms with E-state index in [2.05, 4.69) is 6.92 Å². The van der Waals surface area contributed by atoms with E-state index in [1.54, 1.807) is 0 Å². The van der Waals surface area contributed by atoms with Crippen molar-refractivity contribution >= 4 is 5.97 Å². The van der Waals surface area contributed by atoms with Crippen LogP contribution >= 0.6 is 0 Å². The minimum atomic E-state index is -1.61. The molecule has 1 fully saturated rings. The van der Waals surface area contributed by atoms with Crippen LogP contribution in [0.2, 0.25) is 0 Å². The van der Waals surface area contributed by atoms with E-state index in [0.29, 0.717) is 6.42 Å². The molecule has 0 aliphatic carbocycles. The second-order valence-corrected chi connectivity index (χ2v) is 11.7. The Hall–Kier alpha value is -0.730. The molecule has 39 heavy (non-hydrogen) atoms. The summed E-state index contributed by atoms with van der Waals surface area (Å²) in [5, 5.41) is 38.9. The molecule has 0 saturated carbocycles. The van der Waals surface area contributed by atoms with E-state index >= 15 is 0 Å². The van der Waals surface area contributed by atoms with Crippen LogP contribution in [0.5, 0.6) is 0 Å². The molecule has 4 N–H and O–H groups in total. The van der Waals surface area contributed by atoms with Crippen LogP contribution in [0, 0.1) is 0 Å². The Bertz CT molecular complexity index is 559. The van der Waals surface area contributed by atoms with Gasteiger partial charge in [-0.3, -0.25) is 4.79 Å². The van der Waals surface area contributed by atoms with Gasteiger partial charge < -0.3 is 29.9 Å². The zero-order chi connectivity index (χ0) is 28.6. The van der Waals surface area contributed by atoms with Crippen molar-refractivity contribution < 1.29 is 34.7 Å². The highest BCUT2D eigenvalue weighted by molar-refractivity contribution is 5.69. The first-order chi connectivity index (χ1) is 19.0. The highest BCUT2D eigenvalue weighted by Gasteiger charge is 2.45. The maximum atomic E-state index is 12.1. The van der Waals surface area contributed by atoms with Crippen molar-refractivity contribution in [1.29, 1.82) is 0 Å². The monoisotopic (exact) mass is 558 g/mol. The quantitative estimate of drug-likeness (QED) is 0.0688. The molecule has 1 aliphatic heterocycles. The molecular formula is C32H62O7. The van der Waals surface area contributed by atoms with Crippen LogP contribution in [-0.2, 0) is 14.3 Å². The Balaban J connectivity index is 1.81. The molecule has 0 unspecified atom stereocenters. The highest BCUT2D eigenvalue weighted by Crippen LogP contribution is 2.23. The molecule has 0 aromatic rings. The Morgan fingerprint density at radius 3 is 1.31 bits per heavy atom. The number of esters is 1. The van der Waals surface area contributed by atoms with Crippen molar-refractivity contribution in [3.63, 3.8) is 0 Å². The lowest BCUT2D eigenvalue weighted by atomic mass is 9.99. The molecule has 0 aromatic carbocycles. The first kappa shape index (κ1) is 36.3. The fraction of sp³-hybridized carbons (Fsp3) is 0.969. The third-order valence-corrected chi connectivity index (χ3v) is 8.09. The lowest BCUT2D eigenvalue weighted by Crippen LogP contribution is -2.59.